The zero-order valence-corrected chi connectivity index (χ0v) is 17.6. The van der Waals surface area contributed by atoms with Crippen LogP contribution in [0.2, 0.25) is 5.02 Å². The number of aromatic nitrogens is 2. The Hall–Kier alpha value is -2.26. The van der Waals surface area contributed by atoms with Crippen molar-refractivity contribution in [1.82, 2.24) is 20.2 Å². The number of ether oxygens (including phenoxy) is 1. The second kappa shape index (κ2) is 9.49. The molecule has 2 aromatic rings. The van der Waals surface area contributed by atoms with Crippen molar-refractivity contribution in [2.45, 2.75) is 24.9 Å². The predicted molar refractivity (Wildman–Crippen MR) is 110 cm³/mol. The van der Waals surface area contributed by atoms with Gasteiger partial charge < -0.3 is 19.9 Å². The fourth-order valence-corrected chi connectivity index (χ4v) is 4.02. The van der Waals surface area contributed by atoms with Gasteiger partial charge in [-0.2, -0.15) is 11.8 Å². The molecule has 0 bridgehead atoms. The number of urea groups is 1. The van der Waals surface area contributed by atoms with E-state index in [0.29, 0.717) is 30.8 Å². The number of nitrogens with zero attached hydrogens (tertiary/aromatic N) is 2. The minimum absolute atomic E-state index is 0.267. The van der Waals surface area contributed by atoms with Crippen LogP contribution in [-0.4, -0.2) is 58.6 Å². The lowest BCUT2D eigenvalue weighted by molar-refractivity contribution is -0.142. The lowest BCUT2D eigenvalue weighted by atomic mass is 9.95. The van der Waals surface area contributed by atoms with E-state index in [2.05, 4.69) is 15.3 Å². The Morgan fingerprint density at radius 1 is 1.52 bits per heavy atom. The maximum atomic E-state index is 14.7. The van der Waals surface area contributed by atoms with Crippen molar-refractivity contribution in [3.8, 4) is 0 Å². The zero-order chi connectivity index (χ0) is 21.0. The minimum Gasteiger partial charge on any atom is -0.467 e. The van der Waals surface area contributed by atoms with Crippen molar-refractivity contribution >= 4 is 35.4 Å². The average Bonchev–Trinajstić information content (AvgIpc) is 3.19. The molecular weight excluding hydrogens is 419 g/mol. The monoisotopic (exact) mass is 440 g/mol. The number of methoxy groups -OCH3 is 1. The molecule has 0 saturated heterocycles. The first-order chi connectivity index (χ1) is 14.0. The number of carbonyl (C=O) groups excluding carboxylic acids is 2. The van der Waals surface area contributed by atoms with E-state index in [1.54, 1.807) is 23.9 Å². The van der Waals surface area contributed by atoms with Crippen LogP contribution in [0.3, 0.4) is 0 Å². The number of amides is 2. The largest absolute Gasteiger partial charge is 0.467 e. The van der Waals surface area contributed by atoms with Gasteiger partial charge in [0.1, 0.15) is 17.9 Å². The van der Waals surface area contributed by atoms with Gasteiger partial charge in [0, 0.05) is 29.2 Å². The summed E-state index contributed by atoms with van der Waals surface area (Å²) in [7, 11) is 1.28. The summed E-state index contributed by atoms with van der Waals surface area (Å²) in [6.45, 7) is 0.337. The molecule has 0 aliphatic carbocycles. The molecule has 0 spiro atoms. The lowest BCUT2D eigenvalue weighted by Gasteiger charge is -2.36. The highest BCUT2D eigenvalue weighted by Gasteiger charge is 2.37. The second-order valence-electron chi connectivity index (χ2n) is 6.58. The molecule has 1 aliphatic heterocycles. The summed E-state index contributed by atoms with van der Waals surface area (Å²) < 4.78 is 19.5. The molecule has 3 rings (SSSR count). The molecule has 0 unspecified atom stereocenters. The molecule has 0 fully saturated rings. The number of hydrogen-bond donors (Lipinski definition) is 2. The molecule has 7 nitrogen and oxygen atoms in total. The number of esters is 1. The molecule has 29 heavy (non-hydrogen) atoms. The second-order valence-corrected chi connectivity index (χ2v) is 8.01. The van der Waals surface area contributed by atoms with Crippen LogP contribution in [0.4, 0.5) is 9.18 Å². The number of halogens is 2. The molecule has 1 aromatic heterocycles. The molecule has 2 N–H and O–H groups in total. The third kappa shape index (κ3) is 4.67. The number of imidazole rings is 1. The minimum atomic E-state index is -0.781. The van der Waals surface area contributed by atoms with Crippen LogP contribution in [0, 0.1) is 5.82 Å². The first-order valence-electron chi connectivity index (χ1n) is 9.07. The van der Waals surface area contributed by atoms with Crippen LogP contribution in [0.5, 0.6) is 0 Å². The number of fused-ring (bicyclic) bond motifs is 1. The number of H-pyrrole nitrogens is 1. The normalized spacial score (nSPS) is 16.8. The van der Waals surface area contributed by atoms with Crippen molar-refractivity contribution in [2.75, 3.05) is 25.7 Å². The Labute approximate surface area is 177 Å². The summed E-state index contributed by atoms with van der Waals surface area (Å²) in [4.78, 5) is 34.0. The number of thioether (sulfide) groups is 1. The Bertz CT molecular complexity index is 894. The van der Waals surface area contributed by atoms with E-state index in [9.17, 15) is 14.0 Å². The Morgan fingerprint density at radius 3 is 3.00 bits per heavy atom. The third-order valence-corrected chi connectivity index (χ3v) is 5.72. The first-order valence-corrected chi connectivity index (χ1v) is 10.8. The maximum absolute atomic E-state index is 14.7. The summed E-state index contributed by atoms with van der Waals surface area (Å²) in [5, 5.41) is 3.01. The van der Waals surface area contributed by atoms with E-state index in [0.717, 1.165) is 5.69 Å². The van der Waals surface area contributed by atoms with Gasteiger partial charge in [0.15, 0.2) is 0 Å². The first kappa shape index (κ1) is 21.4. The average molecular weight is 441 g/mol. The van der Waals surface area contributed by atoms with Crippen molar-refractivity contribution in [3.63, 3.8) is 0 Å². The van der Waals surface area contributed by atoms with E-state index in [-0.39, 0.29) is 10.6 Å². The molecule has 0 radical (unpaired) electrons. The molecule has 156 valence electrons. The zero-order valence-electron chi connectivity index (χ0n) is 16.1. The quantitative estimate of drug-likeness (QED) is 0.674. The number of hydrogen-bond acceptors (Lipinski definition) is 5. The van der Waals surface area contributed by atoms with Crippen molar-refractivity contribution < 1.29 is 18.7 Å². The van der Waals surface area contributed by atoms with E-state index in [1.165, 1.54) is 24.4 Å². The Morgan fingerprint density at radius 2 is 2.31 bits per heavy atom. The topological polar surface area (TPSA) is 87.3 Å². The number of nitrogens with one attached hydrogen (secondary N) is 2. The molecule has 1 aromatic carbocycles. The highest BCUT2D eigenvalue weighted by atomic mass is 35.5. The third-order valence-electron chi connectivity index (χ3n) is 4.84. The Kier molecular flexibility index (Phi) is 7.02. The maximum Gasteiger partial charge on any atom is 0.328 e. The predicted octanol–water partition coefficient (Wildman–Crippen LogP) is 3.15. The van der Waals surface area contributed by atoms with Gasteiger partial charge in [-0.15, -0.1) is 0 Å². The van der Waals surface area contributed by atoms with Crippen LogP contribution < -0.4 is 5.32 Å². The van der Waals surface area contributed by atoms with Crippen LogP contribution in [0.15, 0.2) is 24.5 Å². The summed E-state index contributed by atoms with van der Waals surface area (Å²) in [5.74, 6) is -0.360. The highest BCUT2D eigenvalue weighted by molar-refractivity contribution is 7.98. The van der Waals surface area contributed by atoms with Gasteiger partial charge in [0.2, 0.25) is 0 Å². The lowest BCUT2D eigenvalue weighted by Crippen LogP contribution is -2.51. The number of benzene rings is 1. The summed E-state index contributed by atoms with van der Waals surface area (Å²) >= 11 is 7.46. The van der Waals surface area contributed by atoms with Crippen LogP contribution in [0.25, 0.3) is 0 Å². The van der Waals surface area contributed by atoms with E-state index in [4.69, 9.17) is 16.3 Å². The highest BCUT2D eigenvalue weighted by Crippen LogP contribution is 2.35. The van der Waals surface area contributed by atoms with Crippen molar-refractivity contribution in [3.05, 3.63) is 52.3 Å². The number of rotatable bonds is 6. The smallest absolute Gasteiger partial charge is 0.328 e. The van der Waals surface area contributed by atoms with E-state index < -0.39 is 29.9 Å². The van der Waals surface area contributed by atoms with Crippen LogP contribution in [-0.2, 0) is 16.0 Å². The van der Waals surface area contributed by atoms with Crippen molar-refractivity contribution in [1.29, 1.82) is 0 Å². The molecule has 10 heteroatoms. The van der Waals surface area contributed by atoms with Gasteiger partial charge in [-0.25, -0.2) is 19.0 Å². The van der Waals surface area contributed by atoms with Gasteiger partial charge in [-0.1, -0.05) is 17.7 Å². The standard InChI is InChI=1S/C19H22ClFN4O3S/c1-28-18(26)15(6-8-29-2)24-19(27)25-7-5-14-16(23-10-22-14)17(25)12-4-3-11(20)9-13(12)21/h3-4,9-10,15,17H,5-8H2,1-2H3,(H,22,23)(H,24,27)/t15-,17-/m0/s1. The molecular formula is C19H22ClFN4O3S. The fourth-order valence-electron chi connectivity index (χ4n) is 3.39. The fraction of sp³-hybridized carbons (Fsp3) is 0.421. The van der Waals surface area contributed by atoms with Crippen LogP contribution >= 0.6 is 23.4 Å². The van der Waals surface area contributed by atoms with Crippen LogP contribution in [0.1, 0.15) is 29.4 Å². The van der Waals surface area contributed by atoms with Gasteiger partial charge >= 0.3 is 12.0 Å². The van der Waals surface area contributed by atoms with Gasteiger partial charge in [0.05, 0.1) is 19.1 Å². The molecule has 2 heterocycles. The number of carbonyl (C=O) groups is 2. The molecule has 1 aliphatic rings. The molecule has 2 atom stereocenters. The van der Waals surface area contributed by atoms with E-state index >= 15 is 0 Å². The summed E-state index contributed by atoms with van der Waals surface area (Å²) in [6.07, 6.45) is 4.42. The Balaban J connectivity index is 1.91. The van der Waals surface area contributed by atoms with Gasteiger partial charge in [0.25, 0.3) is 0 Å². The SMILES string of the molecule is COC(=O)[C@H](CCSC)NC(=O)N1CCc2[nH]cnc2[C@@H]1c1ccc(Cl)cc1F. The summed E-state index contributed by atoms with van der Waals surface area (Å²) in [6, 6.07) is 2.35. The van der Waals surface area contributed by atoms with Crippen molar-refractivity contribution in [2.24, 2.45) is 0 Å². The molecule has 2 amide bonds. The van der Waals surface area contributed by atoms with E-state index in [1.807, 2.05) is 6.26 Å². The number of aromatic amines is 1. The van der Waals surface area contributed by atoms with Gasteiger partial charge in [-0.3, -0.25) is 0 Å². The van der Waals surface area contributed by atoms with Gasteiger partial charge in [-0.05, 0) is 30.6 Å². The summed E-state index contributed by atoms with van der Waals surface area (Å²) in [5.41, 5.74) is 1.71. The molecule has 0 saturated carbocycles.